The van der Waals surface area contributed by atoms with Gasteiger partial charge in [0, 0.05) is 31.2 Å². The Morgan fingerprint density at radius 3 is 2.60 bits per heavy atom. The highest BCUT2D eigenvalue weighted by molar-refractivity contribution is 5.92. The lowest BCUT2D eigenvalue weighted by Crippen LogP contribution is -2.11. The van der Waals surface area contributed by atoms with E-state index in [9.17, 15) is 0 Å². The molecule has 15 heavy (non-hydrogen) atoms. The Balaban J connectivity index is 2.73. The fourth-order valence-corrected chi connectivity index (χ4v) is 1.58. The van der Waals surface area contributed by atoms with Gasteiger partial charge in [0.2, 0.25) is 0 Å². The van der Waals surface area contributed by atoms with Crippen LogP contribution in [0.15, 0.2) is 24.3 Å². The van der Waals surface area contributed by atoms with Crippen LogP contribution in [0.4, 0.5) is 11.5 Å². The van der Waals surface area contributed by atoms with Crippen molar-refractivity contribution in [2.75, 3.05) is 24.7 Å². The summed E-state index contributed by atoms with van der Waals surface area (Å²) in [5.74, 6) is 0.892. The van der Waals surface area contributed by atoms with Gasteiger partial charge in [-0.25, -0.2) is 4.98 Å². The Labute approximate surface area is 89.5 Å². The third-order valence-corrected chi connectivity index (χ3v) is 2.44. The monoisotopic (exact) mass is 201 g/mol. The normalized spacial score (nSPS) is 10.6. The zero-order chi connectivity index (χ0) is 11.0. The smallest absolute Gasteiger partial charge is 0.130 e. The van der Waals surface area contributed by atoms with Crippen molar-refractivity contribution >= 4 is 22.4 Å². The first-order valence-corrected chi connectivity index (χ1v) is 4.92. The van der Waals surface area contributed by atoms with E-state index in [1.807, 2.05) is 37.2 Å². The summed E-state index contributed by atoms with van der Waals surface area (Å²) in [6.07, 6.45) is 0. The highest BCUT2D eigenvalue weighted by Gasteiger charge is 2.04. The Bertz CT molecular complexity index is 503. The second-order valence-electron chi connectivity index (χ2n) is 3.98. The van der Waals surface area contributed by atoms with Gasteiger partial charge in [-0.3, -0.25) is 0 Å². The van der Waals surface area contributed by atoms with Crippen LogP contribution >= 0.6 is 0 Å². The summed E-state index contributed by atoms with van der Waals surface area (Å²) < 4.78 is 0. The minimum Gasteiger partial charge on any atom is -0.398 e. The minimum atomic E-state index is 0.785. The number of aromatic nitrogens is 1. The first-order chi connectivity index (χ1) is 7.08. The molecule has 1 aromatic carbocycles. The zero-order valence-corrected chi connectivity index (χ0v) is 9.28. The first kappa shape index (κ1) is 9.77. The van der Waals surface area contributed by atoms with Crippen molar-refractivity contribution < 1.29 is 0 Å². The molecule has 0 saturated heterocycles. The van der Waals surface area contributed by atoms with Gasteiger partial charge in [0.15, 0.2) is 0 Å². The van der Waals surface area contributed by atoms with E-state index >= 15 is 0 Å². The first-order valence-electron chi connectivity index (χ1n) is 4.92. The number of nitrogens with zero attached hydrogens (tertiary/aromatic N) is 2. The SMILES string of the molecule is Cc1ccc2nc(N(C)C)cc(N)c2c1. The van der Waals surface area contributed by atoms with E-state index in [4.69, 9.17) is 5.73 Å². The topological polar surface area (TPSA) is 42.2 Å². The Kier molecular flexibility index (Phi) is 2.23. The largest absolute Gasteiger partial charge is 0.398 e. The Hall–Kier alpha value is -1.77. The van der Waals surface area contributed by atoms with E-state index in [0.717, 1.165) is 22.4 Å². The van der Waals surface area contributed by atoms with Crippen LogP contribution in [0.3, 0.4) is 0 Å². The van der Waals surface area contributed by atoms with E-state index in [1.165, 1.54) is 5.56 Å². The van der Waals surface area contributed by atoms with Crippen LogP contribution in [0, 0.1) is 6.92 Å². The van der Waals surface area contributed by atoms with Crippen molar-refractivity contribution in [3.63, 3.8) is 0 Å². The van der Waals surface area contributed by atoms with Crippen LogP contribution < -0.4 is 10.6 Å². The van der Waals surface area contributed by atoms with Crippen molar-refractivity contribution in [3.05, 3.63) is 29.8 Å². The maximum absolute atomic E-state index is 6.00. The number of nitrogens with two attached hydrogens (primary N) is 1. The molecule has 0 atom stereocenters. The number of anilines is 2. The standard InChI is InChI=1S/C12H15N3/c1-8-4-5-11-9(6-8)10(13)7-12(14-11)15(2)3/h4-7H,1-3H3,(H2,13,14). The molecule has 0 bridgehead atoms. The summed E-state index contributed by atoms with van der Waals surface area (Å²) in [6.45, 7) is 2.05. The lowest BCUT2D eigenvalue weighted by Gasteiger charge is -2.13. The summed E-state index contributed by atoms with van der Waals surface area (Å²) in [7, 11) is 3.92. The van der Waals surface area contributed by atoms with Gasteiger partial charge < -0.3 is 10.6 Å². The molecule has 3 nitrogen and oxygen atoms in total. The molecule has 1 heterocycles. The van der Waals surface area contributed by atoms with Crippen LogP contribution in [-0.2, 0) is 0 Å². The molecule has 2 rings (SSSR count). The number of nitrogen functional groups attached to an aromatic ring is 1. The fraction of sp³-hybridized carbons (Fsp3) is 0.250. The van der Waals surface area contributed by atoms with E-state index in [-0.39, 0.29) is 0 Å². The number of rotatable bonds is 1. The van der Waals surface area contributed by atoms with E-state index in [1.54, 1.807) is 0 Å². The number of pyridine rings is 1. The molecule has 0 fully saturated rings. The average Bonchev–Trinajstić information content (AvgIpc) is 2.18. The van der Waals surface area contributed by atoms with Crippen molar-refractivity contribution in [2.24, 2.45) is 0 Å². The number of aryl methyl sites for hydroxylation is 1. The van der Waals surface area contributed by atoms with Crippen LogP contribution in [0.25, 0.3) is 10.9 Å². The molecule has 0 unspecified atom stereocenters. The third-order valence-electron chi connectivity index (χ3n) is 2.44. The molecule has 78 valence electrons. The molecule has 0 spiro atoms. The van der Waals surface area contributed by atoms with Crippen LogP contribution in [0.5, 0.6) is 0 Å². The van der Waals surface area contributed by atoms with Crippen molar-refractivity contribution in [2.45, 2.75) is 6.92 Å². The van der Waals surface area contributed by atoms with Gasteiger partial charge in [-0.1, -0.05) is 11.6 Å². The molecule has 0 aliphatic carbocycles. The van der Waals surface area contributed by atoms with Gasteiger partial charge in [-0.15, -0.1) is 0 Å². The lowest BCUT2D eigenvalue weighted by molar-refractivity contribution is 1.08. The molecule has 0 saturated carbocycles. The van der Waals surface area contributed by atoms with Gasteiger partial charge in [-0.05, 0) is 19.1 Å². The van der Waals surface area contributed by atoms with Gasteiger partial charge in [-0.2, -0.15) is 0 Å². The summed E-state index contributed by atoms with van der Waals surface area (Å²) in [5.41, 5.74) is 8.93. The van der Waals surface area contributed by atoms with E-state index < -0.39 is 0 Å². The van der Waals surface area contributed by atoms with Crippen molar-refractivity contribution in [3.8, 4) is 0 Å². The van der Waals surface area contributed by atoms with Gasteiger partial charge in [0.05, 0.1) is 5.52 Å². The fourth-order valence-electron chi connectivity index (χ4n) is 1.58. The second-order valence-corrected chi connectivity index (χ2v) is 3.98. The zero-order valence-electron chi connectivity index (χ0n) is 9.28. The van der Waals surface area contributed by atoms with Gasteiger partial charge >= 0.3 is 0 Å². The lowest BCUT2D eigenvalue weighted by atomic mass is 10.1. The van der Waals surface area contributed by atoms with Crippen molar-refractivity contribution in [1.29, 1.82) is 0 Å². The number of hydrogen-bond donors (Lipinski definition) is 1. The Morgan fingerprint density at radius 1 is 1.20 bits per heavy atom. The quantitative estimate of drug-likeness (QED) is 0.769. The van der Waals surface area contributed by atoms with Gasteiger partial charge in [0.1, 0.15) is 5.82 Å². The average molecular weight is 201 g/mol. The summed E-state index contributed by atoms with van der Waals surface area (Å²) in [6, 6.07) is 8.03. The van der Waals surface area contributed by atoms with Crippen LogP contribution in [0.2, 0.25) is 0 Å². The highest BCUT2D eigenvalue weighted by Crippen LogP contribution is 2.24. The number of hydrogen-bond acceptors (Lipinski definition) is 3. The summed E-state index contributed by atoms with van der Waals surface area (Å²) >= 11 is 0. The molecule has 0 aliphatic heterocycles. The predicted molar refractivity (Wildman–Crippen MR) is 65.2 cm³/mol. The van der Waals surface area contributed by atoms with Crippen LogP contribution in [-0.4, -0.2) is 19.1 Å². The predicted octanol–water partition coefficient (Wildman–Crippen LogP) is 2.19. The maximum atomic E-state index is 6.00. The molecular formula is C12H15N3. The molecule has 0 radical (unpaired) electrons. The molecule has 0 amide bonds. The summed E-state index contributed by atoms with van der Waals surface area (Å²) in [4.78, 5) is 6.48. The molecule has 2 aromatic rings. The number of fused-ring (bicyclic) bond motifs is 1. The molecular weight excluding hydrogens is 186 g/mol. The highest BCUT2D eigenvalue weighted by atomic mass is 15.1. The summed E-state index contributed by atoms with van der Waals surface area (Å²) in [5, 5.41) is 1.03. The molecule has 1 aromatic heterocycles. The van der Waals surface area contributed by atoms with Gasteiger partial charge in [0.25, 0.3) is 0 Å². The molecule has 3 heteroatoms. The third kappa shape index (κ3) is 1.73. The van der Waals surface area contributed by atoms with Crippen molar-refractivity contribution in [1.82, 2.24) is 4.98 Å². The second kappa shape index (κ2) is 3.42. The number of benzene rings is 1. The maximum Gasteiger partial charge on any atom is 0.130 e. The van der Waals surface area contributed by atoms with E-state index in [2.05, 4.69) is 18.0 Å². The van der Waals surface area contributed by atoms with Crippen LogP contribution in [0.1, 0.15) is 5.56 Å². The Morgan fingerprint density at radius 2 is 1.93 bits per heavy atom. The minimum absolute atomic E-state index is 0.785. The van der Waals surface area contributed by atoms with E-state index in [0.29, 0.717) is 0 Å². The molecule has 2 N–H and O–H groups in total. The molecule has 0 aliphatic rings.